The maximum absolute atomic E-state index is 12.5. The van der Waals surface area contributed by atoms with Gasteiger partial charge in [-0.25, -0.2) is 0 Å². The Morgan fingerprint density at radius 2 is 1.66 bits per heavy atom. The van der Waals surface area contributed by atoms with Gasteiger partial charge in [0, 0.05) is 11.3 Å². The smallest absolute Gasteiger partial charge is 0.269 e. The van der Waals surface area contributed by atoms with Crippen LogP contribution in [0.1, 0.15) is 28.4 Å². The number of nitrogens with zero attached hydrogens (tertiary/aromatic N) is 1. The van der Waals surface area contributed by atoms with Gasteiger partial charge in [-0.1, -0.05) is 12.1 Å². The summed E-state index contributed by atoms with van der Waals surface area (Å²) in [6.07, 6.45) is 0. The molecule has 32 heavy (non-hydrogen) atoms. The molecule has 3 rings (SSSR count). The van der Waals surface area contributed by atoms with Crippen molar-refractivity contribution in [3.05, 3.63) is 89.5 Å². The number of thiocarbonyl (C=S) groups is 1. The highest BCUT2D eigenvalue weighted by molar-refractivity contribution is 7.80. The number of rotatable bonds is 7. The summed E-state index contributed by atoms with van der Waals surface area (Å²) in [5.74, 6) is 1.08. The van der Waals surface area contributed by atoms with Gasteiger partial charge in [-0.05, 0) is 85.4 Å². The van der Waals surface area contributed by atoms with E-state index in [1.54, 1.807) is 42.5 Å². The highest BCUT2D eigenvalue weighted by Gasteiger charge is 2.08. The van der Waals surface area contributed by atoms with Crippen LogP contribution in [0.2, 0.25) is 0 Å². The van der Waals surface area contributed by atoms with Crippen LogP contribution < -0.4 is 25.6 Å². The predicted molar refractivity (Wildman–Crippen MR) is 126 cm³/mol. The molecule has 0 radical (unpaired) electrons. The maximum atomic E-state index is 12.5. The minimum Gasteiger partial charge on any atom is -0.494 e. The topological polar surface area (TPSA) is 95.4 Å². The van der Waals surface area contributed by atoms with Crippen LogP contribution in [0, 0.1) is 11.3 Å². The Hall–Kier alpha value is -4.09. The first-order valence-electron chi connectivity index (χ1n) is 9.89. The number of hydrogen-bond acceptors (Lipinski definition) is 5. The number of carbonyl (C=O) groups is 1. The van der Waals surface area contributed by atoms with Crippen LogP contribution in [-0.4, -0.2) is 17.6 Å². The second kappa shape index (κ2) is 11.3. The van der Waals surface area contributed by atoms with Gasteiger partial charge in [-0.3, -0.25) is 15.6 Å². The van der Waals surface area contributed by atoms with Crippen LogP contribution in [0.3, 0.4) is 0 Å². The number of anilines is 1. The number of ether oxygens (including phenoxy) is 2. The second-order valence-corrected chi connectivity index (χ2v) is 7.02. The molecule has 0 heterocycles. The summed E-state index contributed by atoms with van der Waals surface area (Å²) in [4.78, 5) is 12.5. The molecule has 0 unspecified atom stereocenters. The Kier molecular flexibility index (Phi) is 8.01. The van der Waals surface area contributed by atoms with E-state index in [0.717, 1.165) is 17.0 Å². The standard InChI is InChI=1S/C24H22N4O3S/c1-2-30-21-12-8-20(9-13-21)26-24(32)28-27-23(29)19-5-3-4-18(14-19)16-31-22-10-6-17(15-25)7-11-22/h3-14H,2,16H2,1H3,(H,27,29)(H2,26,28,32). The van der Waals surface area contributed by atoms with Crippen molar-refractivity contribution in [1.29, 1.82) is 5.26 Å². The molecule has 7 nitrogen and oxygen atoms in total. The van der Waals surface area contributed by atoms with E-state index in [0.29, 0.717) is 23.5 Å². The molecule has 0 atom stereocenters. The molecule has 1 amide bonds. The molecule has 3 aromatic rings. The fourth-order valence-corrected chi connectivity index (χ4v) is 2.91. The van der Waals surface area contributed by atoms with E-state index >= 15 is 0 Å². The number of carbonyl (C=O) groups excluding carboxylic acids is 1. The van der Waals surface area contributed by atoms with Crippen molar-refractivity contribution in [3.8, 4) is 17.6 Å². The van der Waals surface area contributed by atoms with Gasteiger partial charge in [0.25, 0.3) is 5.91 Å². The van der Waals surface area contributed by atoms with E-state index in [4.69, 9.17) is 27.0 Å². The van der Waals surface area contributed by atoms with Gasteiger partial charge < -0.3 is 14.8 Å². The van der Waals surface area contributed by atoms with E-state index in [1.807, 2.05) is 37.3 Å². The molecule has 0 bridgehead atoms. The van der Waals surface area contributed by atoms with Crippen molar-refractivity contribution < 1.29 is 14.3 Å². The molecule has 3 aromatic carbocycles. The van der Waals surface area contributed by atoms with Crippen LogP contribution in [-0.2, 0) is 6.61 Å². The highest BCUT2D eigenvalue weighted by Crippen LogP contribution is 2.16. The lowest BCUT2D eigenvalue weighted by Gasteiger charge is -2.13. The van der Waals surface area contributed by atoms with Crippen LogP contribution in [0.25, 0.3) is 0 Å². The minimum atomic E-state index is -0.332. The second-order valence-electron chi connectivity index (χ2n) is 6.62. The molecule has 0 fully saturated rings. The molecule has 0 aliphatic carbocycles. The molecular weight excluding hydrogens is 424 g/mol. The first-order chi connectivity index (χ1) is 15.6. The third-order valence-corrected chi connectivity index (χ3v) is 4.49. The number of amides is 1. The summed E-state index contributed by atoms with van der Waals surface area (Å²) in [7, 11) is 0. The maximum Gasteiger partial charge on any atom is 0.269 e. The van der Waals surface area contributed by atoms with Gasteiger partial charge in [0.2, 0.25) is 0 Å². The third kappa shape index (κ3) is 6.72. The molecule has 0 aliphatic rings. The first kappa shape index (κ1) is 22.6. The van der Waals surface area contributed by atoms with Gasteiger partial charge in [-0.15, -0.1) is 0 Å². The highest BCUT2D eigenvalue weighted by atomic mass is 32.1. The molecule has 0 spiro atoms. The zero-order chi connectivity index (χ0) is 22.8. The quantitative estimate of drug-likeness (QED) is 0.370. The predicted octanol–water partition coefficient (Wildman–Crippen LogP) is 4.17. The van der Waals surface area contributed by atoms with Gasteiger partial charge in [0.15, 0.2) is 5.11 Å². The van der Waals surface area contributed by atoms with Crippen LogP contribution in [0.5, 0.6) is 11.5 Å². The summed E-state index contributed by atoms with van der Waals surface area (Å²) in [5, 5.41) is 12.1. The summed E-state index contributed by atoms with van der Waals surface area (Å²) >= 11 is 5.22. The van der Waals surface area contributed by atoms with E-state index in [1.165, 1.54) is 0 Å². The Bertz CT molecular complexity index is 1110. The van der Waals surface area contributed by atoms with Crippen molar-refractivity contribution in [2.75, 3.05) is 11.9 Å². The number of nitrogens with one attached hydrogen (secondary N) is 3. The summed E-state index contributed by atoms with van der Waals surface area (Å²) < 4.78 is 11.1. The summed E-state index contributed by atoms with van der Waals surface area (Å²) in [6.45, 7) is 2.81. The molecule has 0 aliphatic heterocycles. The number of hydrazine groups is 1. The number of benzene rings is 3. The van der Waals surface area contributed by atoms with Gasteiger partial charge >= 0.3 is 0 Å². The lowest BCUT2D eigenvalue weighted by atomic mass is 10.1. The lowest BCUT2D eigenvalue weighted by Crippen LogP contribution is -2.43. The molecule has 162 valence electrons. The van der Waals surface area contributed by atoms with E-state index < -0.39 is 0 Å². The molecule has 8 heteroatoms. The monoisotopic (exact) mass is 446 g/mol. The average Bonchev–Trinajstić information content (AvgIpc) is 2.83. The molecule has 3 N–H and O–H groups in total. The van der Waals surface area contributed by atoms with Crippen molar-refractivity contribution in [3.63, 3.8) is 0 Å². The zero-order valence-electron chi connectivity index (χ0n) is 17.4. The van der Waals surface area contributed by atoms with Crippen LogP contribution in [0.15, 0.2) is 72.8 Å². The fourth-order valence-electron chi connectivity index (χ4n) is 2.74. The largest absolute Gasteiger partial charge is 0.494 e. The van der Waals surface area contributed by atoms with Gasteiger partial charge in [0.1, 0.15) is 18.1 Å². The molecule has 0 saturated heterocycles. The van der Waals surface area contributed by atoms with Crippen LogP contribution >= 0.6 is 12.2 Å². The molecule has 0 saturated carbocycles. The SMILES string of the molecule is CCOc1ccc(NC(=S)NNC(=O)c2cccc(COc3ccc(C#N)cc3)c2)cc1. The van der Waals surface area contributed by atoms with Gasteiger partial charge in [-0.2, -0.15) is 5.26 Å². The Labute approximate surface area is 191 Å². The van der Waals surface area contributed by atoms with Crippen molar-refractivity contribution >= 4 is 28.9 Å². The number of hydrogen-bond donors (Lipinski definition) is 3. The van der Waals surface area contributed by atoms with Gasteiger partial charge in [0.05, 0.1) is 18.2 Å². The van der Waals surface area contributed by atoms with Crippen LogP contribution in [0.4, 0.5) is 5.69 Å². The Morgan fingerprint density at radius 3 is 2.34 bits per heavy atom. The Morgan fingerprint density at radius 1 is 0.969 bits per heavy atom. The first-order valence-corrected chi connectivity index (χ1v) is 10.3. The third-order valence-electron chi connectivity index (χ3n) is 4.29. The normalized spacial score (nSPS) is 9.88. The van der Waals surface area contributed by atoms with Crippen molar-refractivity contribution in [2.45, 2.75) is 13.5 Å². The fraction of sp³-hybridized carbons (Fsp3) is 0.125. The summed E-state index contributed by atoms with van der Waals surface area (Å²) in [6, 6.07) is 23.3. The van der Waals surface area contributed by atoms with E-state index in [2.05, 4.69) is 22.2 Å². The van der Waals surface area contributed by atoms with E-state index in [-0.39, 0.29) is 17.6 Å². The summed E-state index contributed by atoms with van der Waals surface area (Å²) in [5.41, 5.74) is 7.89. The van der Waals surface area contributed by atoms with Crippen molar-refractivity contribution in [2.24, 2.45) is 0 Å². The zero-order valence-corrected chi connectivity index (χ0v) is 18.2. The average molecular weight is 447 g/mol. The molecular formula is C24H22N4O3S. The lowest BCUT2D eigenvalue weighted by molar-refractivity contribution is 0.0944. The Balaban J connectivity index is 1.49. The number of nitriles is 1. The van der Waals surface area contributed by atoms with E-state index in [9.17, 15) is 4.79 Å². The minimum absolute atomic E-state index is 0.253. The molecule has 0 aromatic heterocycles. The van der Waals surface area contributed by atoms with Crippen molar-refractivity contribution in [1.82, 2.24) is 10.9 Å².